The van der Waals surface area contributed by atoms with Gasteiger partial charge in [0.2, 0.25) is 5.95 Å². The van der Waals surface area contributed by atoms with Crippen LogP contribution in [-0.4, -0.2) is 19.7 Å². The highest BCUT2D eigenvalue weighted by Crippen LogP contribution is 2.11. The fourth-order valence-corrected chi connectivity index (χ4v) is 2.47. The SMILES string of the molecule is C[C@@H](Cc1cc(=O)[nH]c(NCc2cccc(F)c2)n1)n1cccn1. The van der Waals surface area contributed by atoms with Gasteiger partial charge in [0.1, 0.15) is 5.82 Å². The van der Waals surface area contributed by atoms with Crippen molar-refractivity contribution in [2.75, 3.05) is 5.32 Å². The molecule has 0 radical (unpaired) electrons. The number of anilines is 1. The standard InChI is InChI=1S/C17H18FN5O/c1-12(23-7-3-6-20-23)8-15-10-16(24)22-17(21-15)19-11-13-4-2-5-14(18)9-13/h2-7,9-10,12H,8,11H2,1H3,(H2,19,21,22,24)/t12-/m0/s1. The third-order valence-corrected chi connectivity index (χ3v) is 3.62. The van der Waals surface area contributed by atoms with Gasteiger partial charge in [-0.1, -0.05) is 12.1 Å². The van der Waals surface area contributed by atoms with E-state index in [1.54, 1.807) is 18.3 Å². The topological polar surface area (TPSA) is 75.6 Å². The van der Waals surface area contributed by atoms with Crippen molar-refractivity contribution in [3.8, 4) is 0 Å². The number of nitrogens with zero attached hydrogens (tertiary/aromatic N) is 3. The Hall–Kier alpha value is -2.96. The third kappa shape index (κ3) is 4.07. The first-order chi connectivity index (χ1) is 11.6. The minimum Gasteiger partial charge on any atom is -0.352 e. The van der Waals surface area contributed by atoms with Crippen LogP contribution >= 0.6 is 0 Å². The van der Waals surface area contributed by atoms with Crippen LogP contribution in [0.3, 0.4) is 0 Å². The Bertz CT molecular complexity index is 859. The second kappa shape index (κ2) is 7.08. The molecule has 2 N–H and O–H groups in total. The Morgan fingerprint density at radius 2 is 2.21 bits per heavy atom. The van der Waals surface area contributed by atoms with Crippen molar-refractivity contribution >= 4 is 5.95 Å². The maximum absolute atomic E-state index is 13.2. The summed E-state index contributed by atoms with van der Waals surface area (Å²) in [6.45, 7) is 2.38. The van der Waals surface area contributed by atoms with Crippen LogP contribution in [-0.2, 0) is 13.0 Å². The van der Waals surface area contributed by atoms with Gasteiger partial charge in [-0.25, -0.2) is 9.37 Å². The van der Waals surface area contributed by atoms with E-state index >= 15 is 0 Å². The van der Waals surface area contributed by atoms with E-state index < -0.39 is 0 Å². The van der Waals surface area contributed by atoms with Crippen molar-refractivity contribution in [2.45, 2.75) is 25.9 Å². The maximum atomic E-state index is 13.2. The summed E-state index contributed by atoms with van der Waals surface area (Å²) in [5, 5.41) is 7.21. The summed E-state index contributed by atoms with van der Waals surface area (Å²) < 4.78 is 15.0. The Morgan fingerprint density at radius 3 is 2.96 bits per heavy atom. The van der Waals surface area contributed by atoms with Crippen LogP contribution in [0, 0.1) is 5.82 Å². The number of benzene rings is 1. The van der Waals surface area contributed by atoms with Gasteiger partial charge in [0, 0.05) is 31.4 Å². The second-order valence-electron chi connectivity index (χ2n) is 5.61. The lowest BCUT2D eigenvalue weighted by molar-refractivity contribution is 0.484. The summed E-state index contributed by atoms with van der Waals surface area (Å²) in [7, 11) is 0. The van der Waals surface area contributed by atoms with Crippen LogP contribution in [0.2, 0.25) is 0 Å². The molecule has 1 atom stereocenters. The van der Waals surface area contributed by atoms with Crippen molar-refractivity contribution < 1.29 is 4.39 Å². The van der Waals surface area contributed by atoms with Crippen LogP contribution in [0.25, 0.3) is 0 Å². The van der Waals surface area contributed by atoms with E-state index in [0.29, 0.717) is 24.6 Å². The van der Waals surface area contributed by atoms with Crippen LogP contribution < -0.4 is 10.9 Å². The van der Waals surface area contributed by atoms with Crippen molar-refractivity contribution in [2.24, 2.45) is 0 Å². The average molecular weight is 327 g/mol. The lowest BCUT2D eigenvalue weighted by atomic mass is 10.2. The molecule has 7 heteroatoms. The molecule has 124 valence electrons. The van der Waals surface area contributed by atoms with E-state index in [-0.39, 0.29) is 17.4 Å². The molecule has 3 aromatic rings. The Labute approximate surface area is 138 Å². The van der Waals surface area contributed by atoms with E-state index in [2.05, 4.69) is 20.4 Å². The van der Waals surface area contributed by atoms with Gasteiger partial charge in [-0.15, -0.1) is 0 Å². The lowest BCUT2D eigenvalue weighted by Crippen LogP contribution is -2.16. The highest BCUT2D eigenvalue weighted by atomic mass is 19.1. The quantitative estimate of drug-likeness (QED) is 0.729. The minimum absolute atomic E-state index is 0.0883. The highest BCUT2D eigenvalue weighted by molar-refractivity contribution is 5.28. The van der Waals surface area contributed by atoms with Crippen LogP contribution in [0.1, 0.15) is 24.2 Å². The summed E-state index contributed by atoms with van der Waals surface area (Å²) in [5.74, 6) is 0.0759. The van der Waals surface area contributed by atoms with Crippen LogP contribution in [0.4, 0.5) is 10.3 Å². The number of aromatic nitrogens is 4. The van der Waals surface area contributed by atoms with Gasteiger partial charge in [-0.3, -0.25) is 14.5 Å². The molecule has 2 heterocycles. The van der Waals surface area contributed by atoms with Gasteiger partial charge in [0.05, 0.1) is 11.7 Å². The molecule has 0 bridgehead atoms. The van der Waals surface area contributed by atoms with Crippen molar-refractivity contribution in [3.63, 3.8) is 0 Å². The fourth-order valence-electron chi connectivity index (χ4n) is 2.47. The first kappa shape index (κ1) is 15.9. The number of rotatable bonds is 6. The van der Waals surface area contributed by atoms with E-state index in [1.165, 1.54) is 18.2 Å². The molecule has 0 saturated heterocycles. The molecule has 6 nitrogen and oxygen atoms in total. The molecule has 0 fully saturated rings. The van der Waals surface area contributed by atoms with E-state index in [9.17, 15) is 9.18 Å². The van der Waals surface area contributed by atoms with Gasteiger partial charge < -0.3 is 5.32 Å². The molecular formula is C17H18FN5O. The summed E-state index contributed by atoms with van der Waals surface area (Å²) in [4.78, 5) is 18.9. The fraction of sp³-hybridized carbons (Fsp3) is 0.235. The minimum atomic E-state index is -0.294. The monoisotopic (exact) mass is 327 g/mol. The summed E-state index contributed by atoms with van der Waals surface area (Å²) in [5.41, 5.74) is 1.21. The van der Waals surface area contributed by atoms with Gasteiger partial charge in [-0.2, -0.15) is 5.10 Å². The predicted molar refractivity (Wildman–Crippen MR) is 89.2 cm³/mol. The normalized spacial score (nSPS) is 12.1. The Balaban J connectivity index is 1.70. The first-order valence-corrected chi connectivity index (χ1v) is 7.68. The molecule has 0 aliphatic rings. The molecule has 0 aliphatic carbocycles. The van der Waals surface area contributed by atoms with Gasteiger partial charge in [0.15, 0.2) is 0 Å². The first-order valence-electron chi connectivity index (χ1n) is 7.68. The zero-order chi connectivity index (χ0) is 16.9. The molecule has 24 heavy (non-hydrogen) atoms. The van der Waals surface area contributed by atoms with Crippen molar-refractivity contribution in [1.29, 1.82) is 0 Å². The van der Waals surface area contributed by atoms with Gasteiger partial charge in [0.25, 0.3) is 5.56 Å². The van der Waals surface area contributed by atoms with E-state index in [1.807, 2.05) is 23.9 Å². The molecule has 0 amide bonds. The third-order valence-electron chi connectivity index (χ3n) is 3.62. The number of nitrogens with one attached hydrogen (secondary N) is 2. The zero-order valence-corrected chi connectivity index (χ0v) is 13.2. The summed E-state index contributed by atoms with van der Waals surface area (Å²) in [6.07, 6.45) is 4.18. The molecule has 3 rings (SSSR count). The molecule has 1 aromatic carbocycles. The number of hydrogen-bond donors (Lipinski definition) is 2. The zero-order valence-electron chi connectivity index (χ0n) is 13.2. The van der Waals surface area contributed by atoms with Crippen LogP contribution in [0.15, 0.2) is 53.6 Å². The predicted octanol–water partition coefficient (Wildman–Crippen LogP) is 2.52. The van der Waals surface area contributed by atoms with Gasteiger partial charge >= 0.3 is 0 Å². The molecule has 0 unspecified atom stereocenters. The summed E-state index contributed by atoms with van der Waals surface area (Å²) in [6, 6.07) is 9.70. The molecule has 0 aliphatic heterocycles. The molecule has 0 saturated carbocycles. The maximum Gasteiger partial charge on any atom is 0.252 e. The van der Waals surface area contributed by atoms with E-state index in [4.69, 9.17) is 0 Å². The largest absolute Gasteiger partial charge is 0.352 e. The van der Waals surface area contributed by atoms with Crippen LogP contribution in [0.5, 0.6) is 0 Å². The van der Waals surface area contributed by atoms with Crippen molar-refractivity contribution in [3.05, 3.63) is 76.2 Å². The average Bonchev–Trinajstić information content (AvgIpc) is 3.07. The number of aromatic amines is 1. The molecular weight excluding hydrogens is 309 g/mol. The molecule has 0 spiro atoms. The highest BCUT2D eigenvalue weighted by Gasteiger charge is 2.09. The Morgan fingerprint density at radius 1 is 1.33 bits per heavy atom. The lowest BCUT2D eigenvalue weighted by Gasteiger charge is -2.12. The number of hydrogen-bond acceptors (Lipinski definition) is 4. The summed E-state index contributed by atoms with van der Waals surface area (Å²) >= 11 is 0. The van der Waals surface area contributed by atoms with Gasteiger partial charge in [-0.05, 0) is 30.7 Å². The number of H-pyrrole nitrogens is 1. The Kier molecular flexibility index (Phi) is 4.69. The smallest absolute Gasteiger partial charge is 0.252 e. The molecule has 2 aromatic heterocycles. The second-order valence-corrected chi connectivity index (χ2v) is 5.61. The van der Waals surface area contributed by atoms with Crippen molar-refractivity contribution in [1.82, 2.24) is 19.7 Å². The number of halogens is 1. The van der Waals surface area contributed by atoms with E-state index in [0.717, 1.165) is 5.56 Å².